The minimum absolute atomic E-state index is 0.0600. The number of benzene rings is 3. The first-order valence-electron chi connectivity index (χ1n) is 8.55. The molecule has 0 amide bonds. The zero-order valence-electron chi connectivity index (χ0n) is 14.2. The Morgan fingerprint density at radius 3 is 2.31 bits per heavy atom. The van der Waals surface area contributed by atoms with Gasteiger partial charge in [-0.25, -0.2) is 4.39 Å². The zero-order valence-corrected chi connectivity index (χ0v) is 14.2. The van der Waals surface area contributed by atoms with Gasteiger partial charge in [-0.05, 0) is 70.5 Å². The molecule has 1 aliphatic rings. The van der Waals surface area contributed by atoms with Gasteiger partial charge in [0.05, 0.1) is 0 Å². The smallest absolute Gasteiger partial charge is 0.387 e. The average Bonchev–Trinajstić information content (AvgIpc) is 2.98. The molecule has 0 heterocycles. The molecule has 4 heteroatoms. The molecule has 1 nitrogen and oxygen atoms in total. The molecule has 132 valence electrons. The maximum absolute atomic E-state index is 14.7. The molecule has 0 atom stereocenters. The van der Waals surface area contributed by atoms with Crippen molar-refractivity contribution in [2.75, 3.05) is 0 Å². The van der Waals surface area contributed by atoms with Crippen LogP contribution in [0.15, 0.2) is 54.6 Å². The van der Waals surface area contributed by atoms with Crippen LogP contribution in [0.5, 0.6) is 5.75 Å². The standard InChI is InChI=1S/C22H17F3O/c1-2-13-3-8-18-15(9-13)10-16-11-20(21(23)12-19(16)18)14-4-6-17(7-5-14)26-22(24)25/h3-9,11-12,22H,2,10H2,1H3. The maximum atomic E-state index is 14.7. The molecule has 0 saturated heterocycles. The van der Waals surface area contributed by atoms with Crippen molar-refractivity contribution in [3.63, 3.8) is 0 Å². The first kappa shape index (κ1) is 16.7. The van der Waals surface area contributed by atoms with Crippen molar-refractivity contribution in [3.8, 4) is 28.0 Å². The number of hydrogen-bond donors (Lipinski definition) is 0. The van der Waals surface area contributed by atoms with Crippen LogP contribution in [0.4, 0.5) is 13.2 Å². The summed E-state index contributed by atoms with van der Waals surface area (Å²) in [7, 11) is 0. The summed E-state index contributed by atoms with van der Waals surface area (Å²) in [6, 6.07) is 15.8. The van der Waals surface area contributed by atoms with Crippen LogP contribution in [-0.4, -0.2) is 6.61 Å². The Hall–Kier alpha value is -2.75. The highest BCUT2D eigenvalue weighted by molar-refractivity contribution is 5.81. The summed E-state index contributed by atoms with van der Waals surface area (Å²) in [6.45, 7) is -0.757. The summed E-state index contributed by atoms with van der Waals surface area (Å²) in [5, 5.41) is 0. The number of hydrogen-bond acceptors (Lipinski definition) is 1. The Morgan fingerprint density at radius 1 is 0.885 bits per heavy atom. The number of rotatable bonds is 4. The molecule has 26 heavy (non-hydrogen) atoms. The molecular weight excluding hydrogens is 337 g/mol. The Kier molecular flexibility index (Phi) is 4.19. The molecule has 0 saturated carbocycles. The van der Waals surface area contributed by atoms with Crippen LogP contribution in [0, 0.1) is 5.82 Å². The lowest BCUT2D eigenvalue weighted by Crippen LogP contribution is -2.01. The number of halogens is 3. The molecule has 4 rings (SSSR count). The van der Waals surface area contributed by atoms with E-state index in [0.29, 0.717) is 11.1 Å². The third-order valence-corrected chi connectivity index (χ3v) is 4.83. The Bertz CT molecular complexity index is 962. The highest BCUT2D eigenvalue weighted by Crippen LogP contribution is 2.40. The Morgan fingerprint density at radius 2 is 1.62 bits per heavy atom. The quantitative estimate of drug-likeness (QED) is 0.422. The number of alkyl halides is 2. The second kappa shape index (κ2) is 6.52. The van der Waals surface area contributed by atoms with Gasteiger partial charge < -0.3 is 4.74 Å². The highest BCUT2D eigenvalue weighted by atomic mass is 19.3. The van der Waals surface area contributed by atoms with E-state index in [1.165, 1.54) is 23.3 Å². The largest absolute Gasteiger partial charge is 0.435 e. The summed E-state index contributed by atoms with van der Waals surface area (Å²) in [4.78, 5) is 0. The lowest BCUT2D eigenvalue weighted by Gasteiger charge is -2.09. The van der Waals surface area contributed by atoms with Gasteiger partial charge >= 0.3 is 6.61 Å². The fourth-order valence-corrected chi connectivity index (χ4v) is 3.53. The van der Waals surface area contributed by atoms with E-state index >= 15 is 0 Å². The van der Waals surface area contributed by atoms with Crippen molar-refractivity contribution in [2.45, 2.75) is 26.4 Å². The number of fused-ring (bicyclic) bond motifs is 3. The predicted octanol–water partition coefficient (Wildman–Crippen LogP) is 6.23. The second-order valence-corrected chi connectivity index (χ2v) is 6.41. The second-order valence-electron chi connectivity index (χ2n) is 6.41. The van der Waals surface area contributed by atoms with E-state index in [1.807, 2.05) is 6.07 Å². The fraction of sp³-hybridized carbons (Fsp3) is 0.182. The third-order valence-electron chi connectivity index (χ3n) is 4.83. The molecule has 3 aromatic carbocycles. The molecule has 0 spiro atoms. The Labute approximate surface area is 150 Å². The van der Waals surface area contributed by atoms with Crippen LogP contribution >= 0.6 is 0 Å². The van der Waals surface area contributed by atoms with Crippen LogP contribution in [0.1, 0.15) is 23.6 Å². The molecule has 0 aliphatic heterocycles. The van der Waals surface area contributed by atoms with E-state index in [-0.39, 0.29) is 11.6 Å². The van der Waals surface area contributed by atoms with Gasteiger partial charge in [0.2, 0.25) is 0 Å². The summed E-state index contributed by atoms with van der Waals surface area (Å²) >= 11 is 0. The minimum Gasteiger partial charge on any atom is -0.435 e. The number of aryl methyl sites for hydroxylation is 1. The van der Waals surface area contributed by atoms with Gasteiger partial charge in [0, 0.05) is 5.56 Å². The summed E-state index contributed by atoms with van der Waals surface area (Å²) in [6.07, 6.45) is 1.74. The van der Waals surface area contributed by atoms with Gasteiger partial charge in [-0.15, -0.1) is 0 Å². The summed E-state index contributed by atoms with van der Waals surface area (Å²) < 4.78 is 43.6. The van der Waals surface area contributed by atoms with Gasteiger partial charge in [0.15, 0.2) is 0 Å². The topological polar surface area (TPSA) is 9.23 Å². The van der Waals surface area contributed by atoms with Crippen LogP contribution in [-0.2, 0) is 12.8 Å². The summed E-state index contributed by atoms with van der Waals surface area (Å²) in [5.74, 6) is -0.261. The molecule has 0 bridgehead atoms. The van der Waals surface area contributed by atoms with Crippen molar-refractivity contribution in [3.05, 3.63) is 77.1 Å². The molecule has 1 aliphatic carbocycles. The van der Waals surface area contributed by atoms with E-state index < -0.39 is 6.61 Å². The first-order chi connectivity index (χ1) is 12.5. The average molecular weight is 354 g/mol. The van der Waals surface area contributed by atoms with Crippen LogP contribution in [0.3, 0.4) is 0 Å². The van der Waals surface area contributed by atoms with Gasteiger partial charge in [0.25, 0.3) is 0 Å². The van der Waals surface area contributed by atoms with E-state index in [9.17, 15) is 13.2 Å². The van der Waals surface area contributed by atoms with E-state index in [2.05, 4.69) is 29.9 Å². The van der Waals surface area contributed by atoms with Crippen molar-refractivity contribution < 1.29 is 17.9 Å². The molecule has 3 aromatic rings. The van der Waals surface area contributed by atoms with Gasteiger partial charge in [-0.3, -0.25) is 0 Å². The molecular formula is C22H17F3O. The molecule has 0 aromatic heterocycles. The fourth-order valence-electron chi connectivity index (χ4n) is 3.53. The van der Waals surface area contributed by atoms with Gasteiger partial charge in [0.1, 0.15) is 11.6 Å². The lowest BCUT2D eigenvalue weighted by molar-refractivity contribution is -0.0498. The van der Waals surface area contributed by atoms with Crippen LogP contribution in [0.25, 0.3) is 22.3 Å². The van der Waals surface area contributed by atoms with Gasteiger partial charge in [-0.2, -0.15) is 8.78 Å². The first-order valence-corrected chi connectivity index (χ1v) is 8.55. The van der Waals surface area contributed by atoms with E-state index in [0.717, 1.165) is 29.5 Å². The normalized spacial score (nSPS) is 12.2. The van der Waals surface area contributed by atoms with Crippen LogP contribution in [0.2, 0.25) is 0 Å². The van der Waals surface area contributed by atoms with Crippen molar-refractivity contribution >= 4 is 0 Å². The SMILES string of the molecule is CCc1ccc2c(c1)Cc1cc(-c3ccc(OC(F)F)cc3)c(F)cc1-2. The van der Waals surface area contributed by atoms with Crippen molar-refractivity contribution in [1.29, 1.82) is 0 Å². The third kappa shape index (κ3) is 2.96. The van der Waals surface area contributed by atoms with Crippen molar-refractivity contribution in [1.82, 2.24) is 0 Å². The monoisotopic (exact) mass is 354 g/mol. The molecule has 0 unspecified atom stereocenters. The zero-order chi connectivity index (χ0) is 18.3. The predicted molar refractivity (Wildman–Crippen MR) is 96.1 cm³/mol. The van der Waals surface area contributed by atoms with E-state index in [1.54, 1.807) is 18.2 Å². The van der Waals surface area contributed by atoms with Gasteiger partial charge in [-0.1, -0.05) is 37.3 Å². The molecule has 0 fully saturated rings. The highest BCUT2D eigenvalue weighted by Gasteiger charge is 2.21. The lowest BCUT2D eigenvalue weighted by atomic mass is 9.98. The Balaban J connectivity index is 1.70. The minimum atomic E-state index is -2.87. The van der Waals surface area contributed by atoms with Crippen molar-refractivity contribution in [2.24, 2.45) is 0 Å². The number of ether oxygens (including phenoxy) is 1. The summed E-state index contributed by atoms with van der Waals surface area (Å²) in [5.41, 5.74) is 6.69. The van der Waals surface area contributed by atoms with Crippen LogP contribution < -0.4 is 4.74 Å². The maximum Gasteiger partial charge on any atom is 0.387 e. The van der Waals surface area contributed by atoms with E-state index in [4.69, 9.17) is 0 Å². The molecule has 0 N–H and O–H groups in total. The molecule has 0 radical (unpaired) electrons.